The average Bonchev–Trinajstić information content (AvgIpc) is 2.86. The van der Waals surface area contributed by atoms with Crippen molar-refractivity contribution in [1.29, 1.82) is 0 Å². The molecular formula is C16H25F3N2O4. The number of rotatable bonds is 4. The molecule has 2 N–H and O–H groups in total. The molecule has 0 aromatic heterocycles. The fourth-order valence-corrected chi connectivity index (χ4v) is 3.90. The number of carboxylic acid groups (broad SMARTS) is 1. The molecule has 6 nitrogen and oxygen atoms in total. The highest BCUT2D eigenvalue weighted by atomic mass is 19.4. The third-order valence-corrected chi connectivity index (χ3v) is 5.43. The van der Waals surface area contributed by atoms with Gasteiger partial charge in [0.05, 0.1) is 12.5 Å². The van der Waals surface area contributed by atoms with E-state index in [1.54, 1.807) is 0 Å². The largest absolute Gasteiger partial charge is 0.465 e. The Morgan fingerprint density at radius 3 is 2.48 bits per heavy atom. The Bertz CT molecular complexity index is 490. The zero-order valence-electron chi connectivity index (χ0n) is 14.3. The summed E-state index contributed by atoms with van der Waals surface area (Å²) in [6.07, 6.45) is -4.17. The van der Waals surface area contributed by atoms with Crippen molar-refractivity contribution in [2.75, 3.05) is 19.7 Å². The number of alkyl halides is 3. The van der Waals surface area contributed by atoms with E-state index >= 15 is 0 Å². The van der Waals surface area contributed by atoms with Crippen LogP contribution in [0.1, 0.15) is 45.4 Å². The van der Waals surface area contributed by atoms with Gasteiger partial charge in [0.1, 0.15) is 0 Å². The fraction of sp³-hybridized carbons (Fsp3) is 0.875. The molecule has 0 unspecified atom stereocenters. The number of likely N-dealkylation sites (tertiary alicyclic amines) is 1. The van der Waals surface area contributed by atoms with E-state index in [9.17, 15) is 22.8 Å². The van der Waals surface area contributed by atoms with Gasteiger partial charge in [-0.3, -0.25) is 0 Å². The summed E-state index contributed by atoms with van der Waals surface area (Å²) >= 11 is 0. The first-order chi connectivity index (χ1) is 11.7. The molecule has 9 heteroatoms. The lowest BCUT2D eigenvalue weighted by Crippen LogP contribution is -2.51. The van der Waals surface area contributed by atoms with Crippen molar-refractivity contribution in [1.82, 2.24) is 10.2 Å². The van der Waals surface area contributed by atoms with Crippen LogP contribution in [-0.2, 0) is 4.74 Å². The van der Waals surface area contributed by atoms with Crippen LogP contribution >= 0.6 is 0 Å². The molecule has 2 amide bonds. The molecule has 0 radical (unpaired) electrons. The van der Waals surface area contributed by atoms with Crippen molar-refractivity contribution in [3.05, 3.63) is 0 Å². The number of unbranched alkanes of at least 4 members (excludes halogenated alkanes) is 1. The van der Waals surface area contributed by atoms with Gasteiger partial charge in [-0.05, 0) is 37.5 Å². The summed E-state index contributed by atoms with van der Waals surface area (Å²) in [4.78, 5) is 24.2. The molecule has 25 heavy (non-hydrogen) atoms. The minimum atomic E-state index is -4.32. The number of ether oxygens (including phenoxy) is 1. The average molecular weight is 366 g/mol. The number of carbonyl (C=O) groups is 2. The Morgan fingerprint density at radius 1 is 1.32 bits per heavy atom. The number of alkyl carbamates (subject to hydrolysis) is 1. The molecule has 1 saturated carbocycles. The van der Waals surface area contributed by atoms with Crippen LogP contribution in [0.25, 0.3) is 0 Å². The van der Waals surface area contributed by atoms with Gasteiger partial charge in [0.2, 0.25) is 0 Å². The number of nitrogens with zero attached hydrogens (tertiary/aromatic N) is 1. The predicted molar refractivity (Wildman–Crippen MR) is 83.2 cm³/mol. The Balaban J connectivity index is 2.05. The maximum atomic E-state index is 13.2. The summed E-state index contributed by atoms with van der Waals surface area (Å²) in [5, 5.41) is 11.7. The smallest absolute Gasteiger partial charge is 0.407 e. The minimum Gasteiger partial charge on any atom is -0.465 e. The lowest BCUT2D eigenvalue weighted by Gasteiger charge is -2.42. The van der Waals surface area contributed by atoms with Crippen LogP contribution in [0.3, 0.4) is 0 Å². The van der Waals surface area contributed by atoms with Gasteiger partial charge in [-0.15, -0.1) is 0 Å². The zero-order chi connectivity index (χ0) is 18.7. The Morgan fingerprint density at radius 2 is 1.96 bits per heavy atom. The first kappa shape index (κ1) is 19.7. The molecule has 1 aliphatic carbocycles. The number of amides is 2. The summed E-state index contributed by atoms with van der Waals surface area (Å²) < 4.78 is 44.7. The third kappa shape index (κ3) is 4.70. The van der Waals surface area contributed by atoms with Crippen molar-refractivity contribution in [2.45, 2.75) is 57.7 Å². The number of hydrogen-bond donors (Lipinski definition) is 2. The molecule has 1 heterocycles. The van der Waals surface area contributed by atoms with E-state index in [0.717, 1.165) is 6.42 Å². The molecular weight excluding hydrogens is 341 g/mol. The molecule has 1 aliphatic heterocycles. The number of halogens is 3. The molecule has 1 spiro atoms. The molecule has 0 aromatic rings. The highest BCUT2D eigenvalue weighted by molar-refractivity contribution is 5.68. The first-order valence-corrected chi connectivity index (χ1v) is 8.66. The lowest BCUT2D eigenvalue weighted by atomic mass is 9.73. The van der Waals surface area contributed by atoms with E-state index < -0.39 is 35.7 Å². The van der Waals surface area contributed by atoms with Crippen LogP contribution in [0.4, 0.5) is 22.8 Å². The second-order valence-electron chi connectivity index (χ2n) is 7.00. The van der Waals surface area contributed by atoms with Crippen molar-refractivity contribution in [2.24, 2.45) is 11.3 Å². The molecule has 2 fully saturated rings. The maximum Gasteiger partial charge on any atom is 0.407 e. The molecule has 2 atom stereocenters. The quantitative estimate of drug-likeness (QED) is 0.745. The highest BCUT2D eigenvalue weighted by Crippen LogP contribution is 2.53. The molecule has 0 aromatic carbocycles. The van der Waals surface area contributed by atoms with E-state index in [2.05, 4.69) is 5.32 Å². The van der Waals surface area contributed by atoms with Crippen molar-refractivity contribution in [3.8, 4) is 0 Å². The number of hydrogen-bond acceptors (Lipinski definition) is 3. The van der Waals surface area contributed by atoms with Crippen molar-refractivity contribution in [3.63, 3.8) is 0 Å². The number of nitrogens with one attached hydrogen (secondary N) is 1. The summed E-state index contributed by atoms with van der Waals surface area (Å²) in [6, 6.07) is -0.649. The molecule has 144 valence electrons. The van der Waals surface area contributed by atoms with Gasteiger partial charge in [-0.1, -0.05) is 13.3 Å². The summed E-state index contributed by atoms with van der Waals surface area (Å²) in [5.41, 5.74) is -0.726. The van der Waals surface area contributed by atoms with Gasteiger partial charge >= 0.3 is 18.4 Å². The Kier molecular flexibility index (Phi) is 6.05. The molecule has 1 saturated heterocycles. The summed E-state index contributed by atoms with van der Waals surface area (Å²) in [6.45, 7) is 2.54. The predicted octanol–water partition coefficient (Wildman–Crippen LogP) is 3.61. The van der Waals surface area contributed by atoms with E-state index in [-0.39, 0.29) is 32.5 Å². The molecule has 0 bridgehead atoms. The summed E-state index contributed by atoms with van der Waals surface area (Å²) in [5.74, 6) is -1.48. The van der Waals surface area contributed by atoms with Gasteiger partial charge in [-0.25, -0.2) is 9.59 Å². The van der Waals surface area contributed by atoms with Gasteiger partial charge in [0.25, 0.3) is 0 Å². The van der Waals surface area contributed by atoms with Crippen molar-refractivity contribution < 1.29 is 32.6 Å². The second kappa shape index (κ2) is 7.70. The third-order valence-electron chi connectivity index (χ3n) is 5.43. The number of carbonyl (C=O) groups excluding carboxylic acids is 1. The van der Waals surface area contributed by atoms with Gasteiger partial charge in [0, 0.05) is 19.1 Å². The van der Waals surface area contributed by atoms with Gasteiger partial charge in [0.15, 0.2) is 0 Å². The zero-order valence-corrected chi connectivity index (χ0v) is 14.3. The maximum absolute atomic E-state index is 13.2. The first-order valence-electron chi connectivity index (χ1n) is 8.66. The Hall–Kier alpha value is -1.67. The van der Waals surface area contributed by atoms with E-state index in [4.69, 9.17) is 9.84 Å². The minimum absolute atomic E-state index is 0.0795. The monoisotopic (exact) mass is 366 g/mol. The lowest BCUT2D eigenvalue weighted by molar-refractivity contribution is -0.175. The Labute approximate surface area is 144 Å². The van der Waals surface area contributed by atoms with E-state index in [0.29, 0.717) is 19.3 Å². The van der Waals surface area contributed by atoms with Crippen LogP contribution in [0.15, 0.2) is 0 Å². The highest BCUT2D eigenvalue weighted by Gasteiger charge is 2.56. The fourth-order valence-electron chi connectivity index (χ4n) is 3.90. The normalized spacial score (nSPS) is 25.8. The van der Waals surface area contributed by atoms with Crippen molar-refractivity contribution >= 4 is 12.2 Å². The van der Waals surface area contributed by atoms with E-state index in [1.165, 1.54) is 4.90 Å². The topological polar surface area (TPSA) is 78.9 Å². The second-order valence-corrected chi connectivity index (χ2v) is 7.00. The van der Waals surface area contributed by atoms with Crippen LogP contribution in [0.5, 0.6) is 0 Å². The van der Waals surface area contributed by atoms with Gasteiger partial charge < -0.3 is 20.1 Å². The van der Waals surface area contributed by atoms with Crippen LogP contribution in [-0.4, -0.2) is 54.1 Å². The molecule has 2 rings (SSSR count). The SMILES string of the molecule is CCCCOC(=O)N[C@@H]1C[C@H](C(F)(F)F)CC12CCN(C(=O)O)CC2. The summed E-state index contributed by atoms with van der Waals surface area (Å²) in [7, 11) is 0. The van der Waals surface area contributed by atoms with Crippen LogP contribution < -0.4 is 5.32 Å². The van der Waals surface area contributed by atoms with Crippen LogP contribution in [0.2, 0.25) is 0 Å². The van der Waals surface area contributed by atoms with E-state index in [1.807, 2.05) is 6.92 Å². The van der Waals surface area contributed by atoms with Gasteiger partial charge in [-0.2, -0.15) is 13.2 Å². The standard InChI is InChI=1S/C16H25F3N2O4/c1-2-3-8-25-13(22)20-12-9-11(16(17,18)19)10-15(12)4-6-21(7-5-15)14(23)24/h11-12H,2-10H2,1H3,(H,20,22)(H,23,24)/t11-,12+/m0/s1. The van der Waals surface area contributed by atoms with Crippen LogP contribution in [0, 0.1) is 11.3 Å². The molecule has 2 aliphatic rings. The number of piperidine rings is 1.